The lowest BCUT2D eigenvalue weighted by atomic mass is 9.51. The Morgan fingerprint density at radius 3 is 2.28 bits per heavy atom. The van der Waals surface area contributed by atoms with E-state index in [2.05, 4.69) is 10.0 Å². The molecule has 0 heterocycles. The lowest BCUT2D eigenvalue weighted by Gasteiger charge is -2.60. The van der Waals surface area contributed by atoms with E-state index in [0.29, 0.717) is 21.6 Å². The molecule has 4 fully saturated rings. The summed E-state index contributed by atoms with van der Waals surface area (Å²) in [6, 6.07) is 12.4. The third-order valence-electron chi connectivity index (χ3n) is 8.30. The Morgan fingerprint density at radius 1 is 1.03 bits per heavy atom. The van der Waals surface area contributed by atoms with Crippen LogP contribution in [0.2, 0.25) is 5.02 Å². The van der Waals surface area contributed by atoms with E-state index in [-0.39, 0.29) is 23.8 Å². The second-order valence-corrected chi connectivity index (χ2v) is 13.8. The number of aryl methyl sites for hydroxylation is 2. The number of benzene rings is 2. The van der Waals surface area contributed by atoms with Crippen molar-refractivity contribution >= 4 is 27.5 Å². The summed E-state index contributed by atoms with van der Waals surface area (Å²) in [6.07, 6.45) is 4.40. The van der Waals surface area contributed by atoms with Gasteiger partial charge in [-0.1, -0.05) is 29.3 Å². The summed E-state index contributed by atoms with van der Waals surface area (Å²) in [5.74, 6) is 1.46. The Balaban J connectivity index is 1.29. The van der Waals surface area contributed by atoms with Gasteiger partial charge in [0.15, 0.2) is 5.60 Å². The van der Waals surface area contributed by atoms with Crippen LogP contribution in [-0.4, -0.2) is 31.5 Å². The predicted octanol–water partition coefficient (Wildman–Crippen LogP) is 5.16. The molecule has 8 heteroatoms. The van der Waals surface area contributed by atoms with E-state index in [9.17, 15) is 13.2 Å². The summed E-state index contributed by atoms with van der Waals surface area (Å²) < 4.78 is 35.7. The highest BCUT2D eigenvalue weighted by Crippen LogP contribution is 2.56. The van der Waals surface area contributed by atoms with Crippen molar-refractivity contribution in [3.63, 3.8) is 0 Å². The Labute approximate surface area is 219 Å². The molecule has 6 rings (SSSR count). The minimum Gasteiger partial charge on any atom is -0.478 e. The van der Waals surface area contributed by atoms with E-state index >= 15 is 0 Å². The molecule has 4 bridgehead atoms. The molecular formula is C28H35ClN2O4S. The molecular weight excluding hydrogens is 496 g/mol. The van der Waals surface area contributed by atoms with Crippen LogP contribution in [0.5, 0.6) is 5.75 Å². The van der Waals surface area contributed by atoms with E-state index in [1.54, 1.807) is 38.1 Å². The van der Waals surface area contributed by atoms with Gasteiger partial charge < -0.3 is 10.1 Å². The fraction of sp³-hybridized carbons (Fsp3) is 0.536. The lowest BCUT2D eigenvalue weighted by molar-refractivity contribution is -0.138. The second kappa shape index (κ2) is 9.03. The van der Waals surface area contributed by atoms with Gasteiger partial charge in [0, 0.05) is 16.6 Å². The van der Waals surface area contributed by atoms with Gasteiger partial charge in [-0.2, -0.15) is 0 Å². The third-order valence-corrected chi connectivity index (χ3v) is 10.1. The normalized spacial score (nSPS) is 29.2. The first-order valence-corrected chi connectivity index (χ1v) is 14.6. The molecule has 2 aromatic carbocycles. The molecule has 6 nitrogen and oxygen atoms in total. The molecule has 2 N–H and O–H groups in total. The zero-order valence-electron chi connectivity index (χ0n) is 21.3. The zero-order valence-corrected chi connectivity index (χ0v) is 22.9. The maximum atomic E-state index is 13.4. The molecule has 0 aliphatic heterocycles. The fourth-order valence-corrected chi connectivity index (χ4v) is 8.48. The minimum absolute atomic E-state index is 0.0280. The highest BCUT2D eigenvalue weighted by atomic mass is 35.5. The summed E-state index contributed by atoms with van der Waals surface area (Å²) in [4.78, 5) is 13.7. The number of nitrogens with one attached hydrogen (secondary N) is 2. The van der Waals surface area contributed by atoms with Gasteiger partial charge in [-0.25, -0.2) is 13.1 Å². The molecule has 4 aliphatic carbocycles. The SMILES string of the molecule is Cc1ccc(S(=O)(=O)NC23CC4C[C@H](C2)C(NC(=O)C(C)(C)Oc2ccc(Cl)cc2C)[C@@H](C4)C3)cc1. The number of ether oxygens (including phenoxy) is 1. The summed E-state index contributed by atoms with van der Waals surface area (Å²) >= 11 is 6.06. The van der Waals surface area contributed by atoms with Crippen LogP contribution in [0.25, 0.3) is 0 Å². The van der Waals surface area contributed by atoms with Crippen molar-refractivity contribution in [2.45, 2.75) is 81.9 Å². The van der Waals surface area contributed by atoms with Crippen molar-refractivity contribution < 1.29 is 17.9 Å². The van der Waals surface area contributed by atoms with Crippen molar-refractivity contribution in [3.8, 4) is 5.75 Å². The molecule has 1 amide bonds. The molecule has 3 unspecified atom stereocenters. The Morgan fingerprint density at radius 2 is 1.67 bits per heavy atom. The van der Waals surface area contributed by atoms with Gasteiger partial charge in [-0.05, 0) is 113 Å². The van der Waals surface area contributed by atoms with Crippen LogP contribution in [0.3, 0.4) is 0 Å². The summed E-state index contributed by atoms with van der Waals surface area (Å²) in [5.41, 5.74) is 0.410. The van der Waals surface area contributed by atoms with Gasteiger partial charge >= 0.3 is 0 Å². The van der Waals surface area contributed by atoms with E-state index in [4.69, 9.17) is 16.3 Å². The average molecular weight is 531 g/mol. The van der Waals surface area contributed by atoms with Crippen molar-refractivity contribution in [1.82, 2.24) is 10.0 Å². The number of carbonyl (C=O) groups is 1. The monoisotopic (exact) mass is 530 g/mol. The van der Waals surface area contributed by atoms with Crippen molar-refractivity contribution in [2.24, 2.45) is 17.8 Å². The van der Waals surface area contributed by atoms with Gasteiger partial charge in [-0.15, -0.1) is 0 Å². The van der Waals surface area contributed by atoms with Gasteiger partial charge in [-0.3, -0.25) is 4.79 Å². The molecule has 4 saturated carbocycles. The van der Waals surface area contributed by atoms with Crippen LogP contribution < -0.4 is 14.8 Å². The maximum absolute atomic E-state index is 13.4. The van der Waals surface area contributed by atoms with Crippen molar-refractivity contribution in [2.75, 3.05) is 0 Å². The fourth-order valence-electron chi connectivity index (χ4n) is 6.82. The topological polar surface area (TPSA) is 84.5 Å². The number of carbonyl (C=O) groups excluding carboxylic acids is 1. The number of amides is 1. The van der Waals surface area contributed by atoms with E-state index in [1.165, 1.54) is 0 Å². The molecule has 0 saturated heterocycles. The highest BCUT2D eigenvalue weighted by Gasteiger charge is 2.57. The minimum atomic E-state index is -3.61. The number of hydrogen-bond donors (Lipinski definition) is 2. The van der Waals surface area contributed by atoms with Gasteiger partial charge in [0.05, 0.1) is 4.90 Å². The molecule has 0 spiro atoms. The summed E-state index contributed by atoms with van der Waals surface area (Å²) in [6.45, 7) is 7.41. The molecule has 36 heavy (non-hydrogen) atoms. The van der Waals surface area contributed by atoms with Crippen LogP contribution in [0.4, 0.5) is 0 Å². The molecule has 2 aromatic rings. The zero-order chi connectivity index (χ0) is 25.9. The maximum Gasteiger partial charge on any atom is 0.263 e. The van der Waals surface area contributed by atoms with Crippen LogP contribution >= 0.6 is 11.6 Å². The van der Waals surface area contributed by atoms with Crippen LogP contribution in [-0.2, 0) is 14.8 Å². The van der Waals surface area contributed by atoms with E-state index in [0.717, 1.165) is 43.2 Å². The first-order valence-electron chi connectivity index (χ1n) is 12.7. The Kier molecular flexibility index (Phi) is 6.41. The van der Waals surface area contributed by atoms with Crippen LogP contribution in [0, 0.1) is 31.6 Å². The van der Waals surface area contributed by atoms with Crippen molar-refractivity contribution in [1.29, 1.82) is 0 Å². The second-order valence-electron chi connectivity index (χ2n) is 11.7. The predicted molar refractivity (Wildman–Crippen MR) is 141 cm³/mol. The van der Waals surface area contributed by atoms with Gasteiger partial charge in [0.25, 0.3) is 5.91 Å². The van der Waals surface area contributed by atoms with Crippen molar-refractivity contribution in [3.05, 3.63) is 58.6 Å². The van der Waals surface area contributed by atoms with Gasteiger partial charge in [0.1, 0.15) is 5.75 Å². The summed E-state index contributed by atoms with van der Waals surface area (Å²) in [5, 5.41) is 3.93. The lowest BCUT2D eigenvalue weighted by Crippen LogP contribution is -2.67. The molecule has 5 atom stereocenters. The summed E-state index contributed by atoms with van der Waals surface area (Å²) in [7, 11) is -3.61. The molecule has 0 radical (unpaired) electrons. The van der Waals surface area contributed by atoms with E-state index < -0.39 is 21.2 Å². The quantitative estimate of drug-likeness (QED) is 0.518. The third kappa shape index (κ3) is 4.90. The molecule has 4 aliphatic rings. The average Bonchev–Trinajstić information content (AvgIpc) is 2.77. The van der Waals surface area contributed by atoms with E-state index in [1.807, 2.05) is 32.0 Å². The smallest absolute Gasteiger partial charge is 0.263 e. The molecule has 0 aromatic heterocycles. The highest BCUT2D eigenvalue weighted by molar-refractivity contribution is 7.89. The Bertz CT molecular complexity index is 1260. The number of halogens is 1. The first-order chi connectivity index (χ1) is 16.9. The number of sulfonamides is 1. The number of hydrogen-bond acceptors (Lipinski definition) is 4. The molecule has 194 valence electrons. The number of rotatable bonds is 7. The Hall–Kier alpha value is -2.09. The van der Waals surface area contributed by atoms with Gasteiger partial charge in [0.2, 0.25) is 10.0 Å². The standard InChI is InChI=1S/C28H35ClN2O4S/c1-17-5-8-23(9-6-17)36(33,34)31-28-14-19-12-20(15-28)25(21(13-19)16-28)30-26(32)27(3,4)35-24-10-7-22(29)11-18(24)2/h5-11,19-21,25,31H,12-16H2,1-4H3,(H,30,32)/t19?,20-,21+,25?,28?. The van der Waals surface area contributed by atoms with Crippen LogP contribution in [0.1, 0.15) is 57.1 Å². The largest absolute Gasteiger partial charge is 0.478 e. The first kappa shape index (κ1) is 25.6. The van der Waals surface area contributed by atoms with Crippen LogP contribution in [0.15, 0.2) is 47.4 Å².